The quantitative estimate of drug-likeness (QED) is 0.782. The van der Waals surface area contributed by atoms with Crippen molar-refractivity contribution in [1.82, 2.24) is 9.78 Å². The maximum atomic E-state index is 13.0. The lowest BCUT2D eigenvalue weighted by atomic mass is 10.3. The summed E-state index contributed by atoms with van der Waals surface area (Å²) in [6.07, 6.45) is 1.45. The lowest BCUT2D eigenvalue weighted by molar-refractivity contribution is 0.600. The Balaban J connectivity index is 1.93. The van der Waals surface area contributed by atoms with Crippen molar-refractivity contribution in [2.75, 3.05) is 4.72 Å². The lowest BCUT2D eigenvalue weighted by Gasteiger charge is -2.10. The van der Waals surface area contributed by atoms with Crippen molar-refractivity contribution in [2.45, 2.75) is 4.90 Å². The zero-order valence-corrected chi connectivity index (χ0v) is 13.2. The zero-order chi connectivity index (χ0) is 16.4. The lowest BCUT2D eigenvalue weighted by Crippen LogP contribution is -2.15. The summed E-state index contributed by atoms with van der Waals surface area (Å²) in [7, 11) is -3.78. The fraction of sp³-hybridized carbons (Fsp3) is 0. The molecule has 0 aliphatic rings. The zero-order valence-electron chi connectivity index (χ0n) is 11.6. The number of benzene rings is 2. The molecule has 0 bridgehead atoms. The van der Waals surface area contributed by atoms with Gasteiger partial charge in [0.25, 0.3) is 10.0 Å². The van der Waals surface area contributed by atoms with Crippen LogP contribution >= 0.6 is 11.6 Å². The van der Waals surface area contributed by atoms with Crippen LogP contribution in [0.3, 0.4) is 0 Å². The number of hydrogen-bond donors (Lipinski definition) is 1. The number of sulfonamides is 1. The molecule has 0 unspecified atom stereocenters. The van der Waals surface area contributed by atoms with Gasteiger partial charge in [-0.25, -0.2) is 17.5 Å². The highest BCUT2D eigenvalue weighted by atomic mass is 35.5. The molecule has 0 fully saturated rings. The van der Waals surface area contributed by atoms with Crippen molar-refractivity contribution in [3.8, 4) is 5.69 Å². The monoisotopic (exact) mass is 351 g/mol. The van der Waals surface area contributed by atoms with E-state index < -0.39 is 10.0 Å². The van der Waals surface area contributed by atoms with Crippen LogP contribution in [0.15, 0.2) is 65.7 Å². The molecule has 1 aromatic heterocycles. The van der Waals surface area contributed by atoms with E-state index in [2.05, 4.69) is 9.82 Å². The highest BCUT2D eigenvalue weighted by molar-refractivity contribution is 7.92. The molecular weight excluding hydrogens is 341 g/mol. The first-order valence-electron chi connectivity index (χ1n) is 6.54. The minimum atomic E-state index is -3.78. The van der Waals surface area contributed by atoms with Crippen molar-refractivity contribution in [1.29, 1.82) is 0 Å². The minimum absolute atomic E-state index is 0.0776. The summed E-state index contributed by atoms with van der Waals surface area (Å²) in [6.45, 7) is 0. The summed E-state index contributed by atoms with van der Waals surface area (Å²) in [5.74, 6) is -0.143. The summed E-state index contributed by atoms with van der Waals surface area (Å²) >= 11 is 5.76. The van der Waals surface area contributed by atoms with E-state index in [4.69, 9.17) is 11.6 Å². The van der Waals surface area contributed by atoms with E-state index in [0.29, 0.717) is 10.7 Å². The molecule has 8 heteroatoms. The molecule has 0 radical (unpaired) electrons. The average Bonchev–Trinajstić information content (AvgIpc) is 2.96. The van der Waals surface area contributed by atoms with Gasteiger partial charge in [0.15, 0.2) is 0 Å². The number of hydrogen-bond acceptors (Lipinski definition) is 3. The molecule has 0 aliphatic carbocycles. The predicted molar refractivity (Wildman–Crippen MR) is 85.8 cm³/mol. The molecular formula is C15H11ClFN3O2S. The van der Waals surface area contributed by atoms with Gasteiger partial charge >= 0.3 is 0 Å². The highest BCUT2D eigenvalue weighted by Gasteiger charge is 2.17. The Morgan fingerprint density at radius 3 is 2.30 bits per heavy atom. The molecule has 5 nitrogen and oxygen atoms in total. The van der Waals surface area contributed by atoms with Crippen LogP contribution in [-0.4, -0.2) is 18.2 Å². The fourth-order valence-corrected chi connectivity index (χ4v) is 3.15. The van der Waals surface area contributed by atoms with Crippen LogP contribution in [0.1, 0.15) is 0 Å². The number of aromatic nitrogens is 2. The molecule has 0 saturated heterocycles. The molecule has 3 aromatic rings. The topological polar surface area (TPSA) is 64.0 Å². The molecule has 118 valence electrons. The van der Waals surface area contributed by atoms with Gasteiger partial charge in [0, 0.05) is 11.1 Å². The van der Waals surface area contributed by atoms with Crippen molar-refractivity contribution in [3.63, 3.8) is 0 Å². The smallest absolute Gasteiger partial charge is 0.263 e. The van der Waals surface area contributed by atoms with E-state index >= 15 is 0 Å². The first-order chi connectivity index (χ1) is 11.0. The van der Waals surface area contributed by atoms with Gasteiger partial charge in [-0.1, -0.05) is 11.6 Å². The normalized spacial score (nSPS) is 11.4. The standard InChI is InChI=1S/C15H11ClFN3O2S/c16-11-1-7-14(8-2-11)23(21,22)19-15-9-10-18-20(15)13-5-3-12(17)4-6-13/h1-10,19H. The van der Waals surface area contributed by atoms with Crippen LogP contribution in [0.4, 0.5) is 10.2 Å². The fourth-order valence-electron chi connectivity index (χ4n) is 1.98. The predicted octanol–water partition coefficient (Wildman–Crippen LogP) is 3.47. The molecule has 1 heterocycles. The van der Waals surface area contributed by atoms with Gasteiger partial charge in [0.05, 0.1) is 16.8 Å². The van der Waals surface area contributed by atoms with Gasteiger partial charge in [-0.3, -0.25) is 4.72 Å². The van der Waals surface area contributed by atoms with Crippen LogP contribution in [0.5, 0.6) is 0 Å². The SMILES string of the molecule is O=S(=O)(Nc1ccnn1-c1ccc(F)cc1)c1ccc(Cl)cc1. The van der Waals surface area contributed by atoms with E-state index in [-0.39, 0.29) is 16.5 Å². The molecule has 3 rings (SSSR count). The third-order valence-corrected chi connectivity index (χ3v) is 4.70. The van der Waals surface area contributed by atoms with Crippen LogP contribution in [0.2, 0.25) is 5.02 Å². The molecule has 0 atom stereocenters. The van der Waals surface area contributed by atoms with Crippen molar-refractivity contribution in [3.05, 3.63) is 71.6 Å². The van der Waals surface area contributed by atoms with Crippen LogP contribution in [0, 0.1) is 5.82 Å². The van der Waals surface area contributed by atoms with Crippen LogP contribution in [-0.2, 0) is 10.0 Å². The highest BCUT2D eigenvalue weighted by Crippen LogP contribution is 2.20. The average molecular weight is 352 g/mol. The van der Waals surface area contributed by atoms with Crippen LogP contribution < -0.4 is 4.72 Å². The molecule has 1 N–H and O–H groups in total. The second-order valence-corrected chi connectivity index (χ2v) is 6.78. The Hall–Kier alpha value is -2.38. The van der Waals surface area contributed by atoms with Gasteiger partial charge in [-0.2, -0.15) is 5.10 Å². The second kappa shape index (κ2) is 6.02. The summed E-state index contributed by atoms with van der Waals surface area (Å²) < 4.78 is 41.6. The minimum Gasteiger partial charge on any atom is -0.263 e. The number of rotatable bonds is 4. The molecule has 0 saturated carbocycles. The Bertz CT molecular complexity index is 922. The van der Waals surface area contributed by atoms with Gasteiger partial charge in [-0.05, 0) is 48.5 Å². The number of nitrogens with zero attached hydrogens (tertiary/aromatic N) is 2. The Morgan fingerprint density at radius 1 is 1.00 bits per heavy atom. The Kier molecular flexibility index (Phi) is 4.06. The number of anilines is 1. The molecule has 0 spiro atoms. The van der Waals surface area contributed by atoms with Crippen molar-refractivity contribution >= 4 is 27.4 Å². The van der Waals surface area contributed by atoms with E-state index in [1.165, 1.54) is 65.5 Å². The maximum Gasteiger partial charge on any atom is 0.263 e. The molecule has 2 aromatic carbocycles. The van der Waals surface area contributed by atoms with Crippen LogP contribution in [0.25, 0.3) is 5.69 Å². The summed E-state index contributed by atoms with van der Waals surface area (Å²) in [6, 6.07) is 12.9. The summed E-state index contributed by atoms with van der Waals surface area (Å²) in [5, 5.41) is 4.50. The Labute approximate surface area is 137 Å². The summed E-state index contributed by atoms with van der Waals surface area (Å²) in [4.78, 5) is 0.0776. The van der Waals surface area contributed by atoms with Gasteiger partial charge < -0.3 is 0 Å². The third kappa shape index (κ3) is 3.35. The van der Waals surface area contributed by atoms with Gasteiger partial charge in [0.2, 0.25) is 0 Å². The van der Waals surface area contributed by atoms with E-state index in [1.54, 1.807) is 0 Å². The first kappa shape index (κ1) is 15.5. The molecule has 0 amide bonds. The Morgan fingerprint density at radius 2 is 1.65 bits per heavy atom. The van der Waals surface area contributed by atoms with Crippen molar-refractivity contribution < 1.29 is 12.8 Å². The molecule has 0 aliphatic heterocycles. The van der Waals surface area contributed by atoms with E-state index in [9.17, 15) is 12.8 Å². The van der Waals surface area contributed by atoms with Gasteiger partial charge in [0.1, 0.15) is 11.6 Å². The first-order valence-corrected chi connectivity index (χ1v) is 8.40. The second-order valence-electron chi connectivity index (χ2n) is 4.66. The van der Waals surface area contributed by atoms with E-state index in [0.717, 1.165) is 0 Å². The number of nitrogens with one attached hydrogen (secondary N) is 1. The largest absolute Gasteiger partial charge is 0.263 e. The summed E-state index contributed by atoms with van der Waals surface area (Å²) in [5.41, 5.74) is 0.533. The third-order valence-electron chi connectivity index (χ3n) is 3.08. The van der Waals surface area contributed by atoms with Gasteiger partial charge in [-0.15, -0.1) is 0 Å². The van der Waals surface area contributed by atoms with Crippen molar-refractivity contribution in [2.24, 2.45) is 0 Å². The molecule has 23 heavy (non-hydrogen) atoms. The maximum absolute atomic E-state index is 13.0. The number of halogens is 2. The van der Waals surface area contributed by atoms with E-state index in [1.807, 2.05) is 0 Å².